The molecule has 0 N–H and O–H groups in total. The van der Waals surface area contributed by atoms with E-state index in [1.165, 1.54) is 23.0 Å². The van der Waals surface area contributed by atoms with Crippen LogP contribution in [0, 0.1) is 0 Å². The van der Waals surface area contributed by atoms with Crippen LogP contribution in [0.3, 0.4) is 0 Å². The Bertz CT molecular complexity index is 1190. The quantitative estimate of drug-likeness (QED) is 0.552. The summed E-state index contributed by atoms with van der Waals surface area (Å²) in [5.41, 5.74) is 1.52. The van der Waals surface area contributed by atoms with E-state index in [4.69, 9.17) is 0 Å². The molecular formula is C17H12F3N5O. The zero-order valence-electron chi connectivity index (χ0n) is 13.5. The third kappa shape index (κ3) is 2.43. The van der Waals surface area contributed by atoms with Crippen molar-refractivity contribution in [2.24, 2.45) is 0 Å². The fourth-order valence-electron chi connectivity index (χ4n) is 2.87. The molecule has 0 aliphatic carbocycles. The van der Waals surface area contributed by atoms with E-state index in [9.17, 15) is 18.0 Å². The van der Waals surface area contributed by atoms with Crippen molar-refractivity contribution in [2.45, 2.75) is 19.5 Å². The normalized spacial score (nSPS) is 12.2. The number of para-hydroxylation sites is 1. The average molecular weight is 359 g/mol. The highest BCUT2D eigenvalue weighted by Gasteiger charge is 2.36. The van der Waals surface area contributed by atoms with Crippen LogP contribution in [0.25, 0.3) is 22.4 Å². The van der Waals surface area contributed by atoms with E-state index in [0.717, 1.165) is 22.2 Å². The van der Waals surface area contributed by atoms with Crippen LogP contribution in [-0.2, 0) is 12.6 Å². The molecule has 0 aliphatic rings. The van der Waals surface area contributed by atoms with Crippen LogP contribution in [0.2, 0.25) is 0 Å². The SMILES string of the molecule is CCc1ccccc1-n1ccc2c(cnc3nc(C(F)(F)F)nn32)c1=O. The van der Waals surface area contributed by atoms with Crippen molar-refractivity contribution in [3.05, 3.63) is 64.5 Å². The van der Waals surface area contributed by atoms with Gasteiger partial charge in [-0.1, -0.05) is 25.1 Å². The first-order valence-electron chi connectivity index (χ1n) is 7.83. The van der Waals surface area contributed by atoms with Gasteiger partial charge >= 0.3 is 6.18 Å². The van der Waals surface area contributed by atoms with E-state index >= 15 is 0 Å². The number of halogens is 3. The molecule has 0 atom stereocenters. The van der Waals surface area contributed by atoms with E-state index in [2.05, 4.69) is 15.1 Å². The van der Waals surface area contributed by atoms with E-state index in [-0.39, 0.29) is 22.2 Å². The van der Waals surface area contributed by atoms with Crippen LogP contribution >= 0.6 is 0 Å². The standard InChI is InChI=1S/C17H12F3N5O/c1-2-10-5-3-4-6-12(10)24-8-7-13-11(14(24)26)9-21-16-22-15(17(18,19)20)23-25(13)16/h3-9H,2H2,1H3. The molecule has 0 aliphatic heterocycles. The Morgan fingerprint density at radius 3 is 2.65 bits per heavy atom. The molecule has 132 valence electrons. The Balaban J connectivity index is 2.00. The van der Waals surface area contributed by atoms with E-state index in [0.29, 0.717) is 0 Å². The molecule has 0 bridgehead atoms. The van der Waals surface area contributed by atoms with Crippen LogP contribution in [0.4, 0.5) is 13.2 Å². The summed E-state index contributed by atoms with van der Waals surface area (Å²) in [6.07, 6.45) is -1.20. The third-order valence-electron chi connectivity index (χ3n) is 4.12. The number of pyridine rings is 1. The van der Waals surface area contributed by atoms with E-state index < -0.39 is 12.0 Å². The molecule has 4 rings (SSSR count). The molecule has 26 heavy (non-hydrogen) atoms. The van der Waals surface area contributed by atoms with Gasteiger partial charge in [-0.15, -0.1) is 5.10 Å². The lowest BCUT2D eigenvalue weighted by atomic mass is 10.1. The molecule has 0 unspecified atom stereocenters. The second-order valence-electron chi connectivity index (χ2n) is 5.68. The van der Waals surface area contributed by atoms with Gasteiger partial charge in [-0.3, -0.25) is 9.36 Å². The molecule has 0 spiro atoms. The molecule has 1 aromatic carbocycles. The summed E-state index contributed by atoms with van der Waals surface area (Å²) in [6.45, 7) is 1.98. The number of hydrogen-bond acceptors (Lipinski definition) is 4. The van der Waals surface area contributed by atoms with Crippen molar-refractivity contribution in [3.63, 3.8) is 0 Å². The van der Waals surface area contributed by atoms with Crippen molar-refractivity contribution in [1.29, 1.82) is 0 Å². The predicted molar refractivity (Wildman–Crippen MR) is 88.3 cm³/mol. The number of aromatic nitrogens is 5. The average Bonchev–Trinajstić information content (AvgIpc) is 3.07. The number of alkyl halides is 3. The minimum atomic E-state index is -4.69. The van der Waals surface area contributed by atoms with Gasteiger partial charge in [0.05, 0.1) is 16.6 Å². The maximum absolute atomic E-state index is 12.9. The molecule has 3 heterocycles. The summed E-state index contributed by atoms with van der Waals surface area (Å²) in [6, 6.07) is 8.97. The molecule has 6 nitrogen and oxygen atoms in total. The van der Waals surface area contributed by atoms with Gasteiger partial charge in [0.25, 0.3) is 17.2 Å². The van der Waals surface area contributed by atoms with Crippen LogP contribution in [-0.4, -0.2) is 24.1 Å². The number of rotatable bonds is 2. The Labute approximate surface area is 144 Å². The van der Waals surface area contributed by atoms with Crippen LogP contribution in [0.5, 0.6) is 0 Å². The fraction of sp³-hybridized carbons (Fsp3) is 0.176. The molecule has 0 fully saturated rings. The van der Waals surface area contributed by atoms with Crippen molar-refractivity contribution in [3.8, 4) is 5.69 Å². The van der Waals surface area contributed by atoms with Gasteiger partial charge in [0.15, 0.2) is 0 Å². The molecular weight excluding hydrogens is 347 g/mol. The molecule has 3 aromatic heterocycles. The number of nitrogens with zero attached hydrogens (tertiary/aromatic N) is 5. The Morgan fingerprint density at radius 1 is 1.15 bits per heavy atom. The highest BCUT2D eigenvalue weighted by atomic mass is 19.4. The summed E-state index contributed by atoms with van der Waals surface area (Å²) in [4.78, 5) is 20.1. The molecule has 4 aromatic rings. The first-order valence-corrected chi connectivity index (χ1v) is 7.83. The maximum Gasteiger partial charge on any atom is 0.453 e. The maximum atomic E-state index is 12.9. The van der Waals surface area contributed by atoms with Gasteiger partial charge in [-0.25, -0.2) is 4.98 Å². The number of fused-ring (bicyclic) bond motifs is 3. The molecule has 9 heteroatoms. The second-order valence-corrected chi connectivity index (χ2v) is 5.68. The molecule has 0 radical (unpaired) electrons. The Morgan fingerprint density at radius 2 is 1.92 bits per heavy atom. The molecule has 0 saturated heterocycles. The van der Waals surface area contributed by atoms with Crippen LogP contribution in [0.1, 0.15) is 18.3 Å². The fourth-order valence-corrected chi connectivity index (χ4v) is 2.87. The largest absolute Gasteiger partial charge is 0.453 e. The monoisotopic (exact) mass is 359 g/mol. The van der Waals surface area contributed by atoms with Crippen LogP contribution < -0.4 is 5.56 Å². The van der Waals surface area contributed by atoms with Gasteiger partial charge in [0, 0.05) is 12.4 Å². The smallest absolute Gasteiger partial charge is 0.283 e. The third-order valence-corrected chi connectivity index (χ3v) is 4.12. The zero-order valence-corrected chi connectivity index (χ0v) is 13.5. The minimum Gasteiger partial charge on any atom is -0.283 e. The van der Waals surface area contributed by atoms with Crippen molar-refractivity contribution in [1.82, 2.24) is 24.1 Å². The highest BCUT2D eigenvalue weighted by molar-refractivity contribution is 5.79. The first kappa shape index (κ1) is 16.2. The topological polar surface area (TPSA) is 65.1 Å². The van der Waals surface area contributed by atoms with Gasteiger partial charge in [0.1, 0.15) is 0 Å². The molecule has 0 amide bonds. The van der Waals surface area contributed by atoms with Gasteiger partial charge in [0.2, 0.25) is 0 Å². The van der Waals surface area contributed by atoms with Crippen molar-refractivity contribution >= 4 is 16.7 Å². The Kier molecular flexibility index (Phi) is 3.53. The number of benzene rings is 1. The van der Waals surface area contributed by atoms with Crippen molar-refractivity contribution < 1.29 is 13.2 Å². The number of aryl methyl sites for hydroxylation is 1. The highest BCUT2D eigenvalue weighted by Crippen LogP contribution is 2.27. The lowest BCUT2D eigenvalue weighted by Gasteiger charge is -2.11. The second kappa shape index (κ2) is 5.65. The number of hydrogen-bond donors (Lipinski definition) is 0. The summed E-state index contributed by atoms with van der Waals surface area (Å²) in [5, 5.41) is 3.62. The lowest BCUT2D eigenvalue weighted by molar-refractivity contribution is -0.144. The lowest BCUT2D eigenvalue weighted by Crippen LogP contribution is -2.20. The summed E-state index contributed by atoms with van der Waals surface area (Å²) in [5.74, 6) is -1.51. The van der Waals surface area contributed by atoms with Crippen molar-refractivity contribution in [2.75, 3.05) is 0 Å². The zero-order chi connectivity index (χ0) is 18.5. The Hall–Kier alpha value is -3.23. The predicted octanol–water partition coefficient (Wildman–Crippen LogP) is 3.01. The first-order chi connectivity index (χ1) is 12.4. The minimum absolute atomic E-state index is 0.157. The summed E-state index contributed by atoms with van der Waals surface area (Å²) < 4.78 is 40.9. The summed E-state index contributed by atoms with van der Waals surface area (Å²) >= 11 is 0. The van der Waals surface area contributed by atoms with Gasteiger partial charge in [-0.05, 0) is 24.1 Å². The molecule has 0 saturated carbocycles. The summed E-state index contributed by atoms with van der Waals surface area (Å²) in [7, 11) is 0. The van der Waals surface area contributed by atoms with Gasteiger partial charge < -0.3 is 0 Å². The van der Waals surface area contributed by atoms with E-state index in [1.807, 2.05) is 31.2 Å². The van der Waals surface area contributed by atoms with Crippen LogP contribution in [0.15, 0.2) is 47.5 Å². The van der Waals surface area contributed by atoms with Gasteiger partial charge in [-0.2, -0.15) is 22.7 Å². The van der Waals surface area contributed by atoms with E-state index in [1.54, 1.807) is 0 Å².